The summed E-state index contributed by atoms with van der Waals surface area (Å²) in [5, 5.41) is 13.4. The van der Waals surface area contributed by atoms with Gasteiger partial charge in [0.1, 0.15) is 0 Å². The van der Waals surface area contributed by atoms with Crippen LogP contribution in [0, 0.1) is 6.92 Å². The van der Waals surface area contributed by atoms with E-state index in [0.29, 0.717) is 4.60 Å². The zero-order valence-corrected chi connectivity index (χ0v) is 9.19. The molecule has 0 bridgehead atoms. The normalized spacial score (nSPS) is 10.4. The van der Waals surface area contributed by atoms with Crippen LogP contribution in [0.1, 0.15) is 5.56 Å². The number of nitrogens with zero attached hydrogens (tertiary/aromatic N) is 2. The molecule has 1 aromatic heterocycles. The predicted molar refractivity (Wildman–Crippen MR) is 57.7 cm³/mol. The summed E-state index contributed by atoms with van der Waals surface area (Å²) in [6.07, 6.45) is 1.41. The van der Waals surface area contributed by atoms with Gasteiger partial charge in [-0.1, -0.05) is 17.7 Å². The molecule has 0 unspecified atom stereocenters. The quantitative estimate of drug-likeness (QED) is 0.848. The van der Waals surface area contributed by atoms with Crippen molar-refractivity contribution in [3.8, 4) is 11.4 Å². The Morgan fingerprint density at radius 1 is 1.29 bits per heavy atom. The van der Waals surface area contributed by atoms with Crippen molar-refractivity contribution in [3.63, 3.8) is 0 Å². The lowest BCUT2D eigenvalue weighted by molar-refractivity contribution is 0.471. The van der Waals surface area contributed by atoms with Crippen LogP contribution in [0.25, 0.3) is 5.69 Å². The summed E-state index contributed by atoms with van der Waals surface area (Å²) in [7, 11) is 0. The van der Waals surface area contributed by atoms with Crippen LogP contribution >= 0.6 is 15.9 Å². The minimum atomic E-state index is 0.144. The van der Waals surface area contributed by atoms with Crippen LogP contribution in [0.3, 0.4) is 0 Å². The van der Waals surface area contributed by atoms with Gasteiger partial charge in [-0.05, 0) is 35.0 Å². The van der Waals surface area contributed by atoms with Crippen molar-refractivity contribution in [3.05, 3.63) is 40.6 Å². The summed E-state index contributed by atoms with van der Waals surface area (Å²) >= 11 is 3.26. The number of rotatable bonds is 1. The molecule has 0 atom stereocenters. The van der Waals surface area contributed by atoms with Gasteiger partial charge in [-0.3, -0.25) is 0 Å². The summed E-state index contributed by atoms with van der Waals surface area (Å²) in [6, 6.07) is 7.90. The second kappa shape index (κ2) is 3.46. The molecule has 0 radical (unpaired) electrons. The highest BCUT2D eigenvalue weighted by Crippen LogP contribution is 2.25. The molecule has 0 saturated heterocycles. The maximum Gasteiger partial charge on any atom is 0.168 e. The van der Waals surface area contributed by atoms with Crippen LogP contribution in [-0.4, -0.2) is 14.9 Å². The van der Waals surface area contributed by atoms with E-state index in [4.69, 9.17) is 0 Å². The Hall–Kier alpha value is -1.29. The van der Waals surface area contributed by atoms with E-state index in [1.807, 2.05) is 31.2 Å². The highest BCUT2D eigenvalue weighted by atomic mass is 79.9. The number of hydrogen-bond donors (Lipinski definition) is 1. The molecule has 0 aliphatic carbocycles. The molecule has 2 rings (SSSR count). The van der Waals surface area contributed by atoms with Crippen LogP contribution in [0.4, 0.5) is 0 Å². The minimum absolute atomic E-state index is 0.144. The van der Waals surface area contributed by atoms with E-state index in [0.717, 1.165) is 5.69 Å². The van der Waals surface area contributed by atoms with Gasteiger partial charge >= 0.3 is 0 Å². The van der Waals surface area contributed by atoms with Crippen LogP contribution < -0.4 is 0 Å². The van der Waals surface area contributed by atoms with Gasteiger partial charge in [0.25, 0.3) is 0 Å². The first-order valence-electron chi connectivity index (χ1n) is 4.18. The summed E-state index contributed by atoms with van der Waals surface area (Å²) in [6.45, 7) is 2.03. The molecule has 0 saturated carbocycles. The largest absolute Gasteiger partial charge is 0.504 e. The van der Waals surface area contributed by atoms with Crippen LogP contribution in [0.2, 0.25) is 0 Å². The first kappa shape index (κ1) is 9.27. The number of aromatic hydroxyl groups is 1. The average molecular weight is 253 g/mol. The summed E-state index contributed by atoms with van der Waals surface area (Å²) < 4.78 is 2.20. The maximum absolute atomic E-state index is 9.33. The maximum atomic E-state index is 9.33. The smallest absolute Gasteiger partial charge is 0.168 e. The predicted octanol–water partition coefficient (Wildman–Crippen LogP) is 2.65. The topological polar surface area (TPSA) is 38.0 Å². The molecule has 4 heteroatoms. The number of benzene rings is 1. The van der Waals surface area contributed by atoms with Crippen molar-refractivity contribution >= 4 is 15.9 Å². The molecule has 0 aliphatic rings. The molecule has 2 aromatic rings. The van der Waals surface area contributed by atoms with Crippen molar-refractivity contribution in [2.24, 2.45) is 0 Å². The van der Waals surface area contributed by atoms with Gasteiger partial charge in [-0.2, -0.15) is 5.10 Å². The van der Waals surface area contributed by atoms with Gasteiger partial charge < -0.3 is 5.11 Å². The van der Waals surface area contributed by atoms with Crippen LogP contribution in [0.15, 0.2) is 35.1 Å². The van der Waals surface area contributed by atoms with Gasteiger partial charge in [0, 0.05) is 0 Å². The second-order valence-electron chi connectivity index (χ2n) is 3.07. The second-order valence-corrected chi connectivity index (χ2v) is 3.82. The summed E-state index contributed by atoms with van der Waals surface area (Å²) in [5.74, 6) is 0.144. The van der Waals surface area contributed by atoms with Gasteiger partial charge in [0.05, 0.1) is 11.9 Å². The molecule has 72 valence electrons. The fourth-order valence-electron chi connectivity index (χ4n) is 1.19. The number of hydrogen-bond acceptors (Lipinski definition) is 2. The lowest BCUT2D eigenvalue weighted by Gasteiger charge is -2.02. The molecule has 0 aliphatic heterocycles. The van der Waals surface area contributed by atoms with Crippen molar-refractivity contribution in [2.75, 3.05) is 0 Å². The molecule has 0 spiro atoms. The molecule has 3 nitrogen and oxygen atoms in total. The standard InChI is InChI=1S/C10H9BrN2O/c1-7-2-4-8(5-3-7)13-10(11)9(14)6-12-13/h2-6,14H,1H3. The first-order valence-corrected chi connectivity index (χ1v) is 4.97. The Kier molecular flexibility index (Phi) is 2.29. The lowest BCUT2D eigenvalue weighted by atomic mass is 10.2. The number of aryl methyl sites for hydroxylation is 1. The summed E-state index contributed by atoms with van der Waals surface area (Å²) in [5.41, 5.74) is 2.11. The Balaban J connectivity index is 2.49. The monoisotopic (exact) mass is 252 g/mol. The van der Waals surface area contributed by atoms with Gasteiger partial charge in [-0.25, -0.2) is 4.68 Å². The van der Waals surface area contributed by atoms with Gasteiger partial charge in [-0.15, -0.1) is 0 Å². The Morgan fingerprint density at radius 3 is 2.43 bits per heavy atom. The SMILES string of the molecule is Cc1ccc(-n2ncc(O)c2Br)cc1. The van der Waals surface area contributed by atoms with E-state index in [1.54, 1.807) is 4.68 Å². The van der Waals surface area contributed by atoms with E-state index in [9.17, 15) is 5.11 Å². The van der Waals surface area contributed by atoms with E-state index >= 15 is 0 Å². The Bertz CT molecular complexity index is 448. The molecule has 0 amide bonds. The van der Waals surface area contributed by atoms with Gasteiger partial charge in [0.15, 0.2) is 10.4 Å². The number of aromatic nitrogens is 2. The van der Waals surface area contributed by atoms with Crippen LogP contribution in [0.5, 0.6) is 5.75 Å². The third-order valence-electron chi connectivity index (χ3n) is 1.97. The third-order valence-corrected chi connectivity index (χ3v) is 2.71. The van der Waals surface area contributed by atoms with E-state index < -0.39 is 0 Å². The summed E-state index contributed by atoms with van der Waals surface area (Å²) in [4.78, 5) is 0. The average Bonchev–Trinajstić information content (AvgIpc) is 2.50. The zero-order valence-electron chi connectivity index (χ0n) is 7.61. The highest BCUT2D eigenvalue weighted by molar-refractivity contribution is 9.10. The highest BCUT2D eigenvalue weighted by Gasteiger charge is 2.07. The number of halogens is 1. The first-order chi connectivity index (χ1) is 6.68. The third kappa shape index (κ3) is 1.53. The molecule has 14 heavy (non-hydrogen) atoms. The Morgan fingerprint density at radius 2 is 1.93 bits per heavy atom. The fourth-order valence-corrected chi connectivity index (χ4v) is 1.59. The molecule has 1 N–H and O–H groups in total. The zero-order chi connectivity index (χ0) is 10.1. The van der Waals surface area contributed by atoms with Gasteiger partial charge in [0.2, 0.25) is 0 Å². The van der Waals surface area contributed by atoms with Crippen molar-refractivity contribution in [2.45, 2.75) is 6.92 Å². The molecule has 0 fully saturated rings. The molecular formula is C10H9BrN2O. The molecule has 1 heterocycles. The molecule has 1 aromatic carbocycles. The fraction of sp³-hybridized carbons (Fsp3) is 0.100. The van der Waals surface area contributed by atoms with E-state index in [-0.39, 0.29) is 5.75 Å². The Labute approximate surface area is 90.1 Å². The van der Waals surface area contributed by atoms with Crippen molar-refractivity contribution in [1.29, 1.82) is 0 Å². The molecular weight excluding hydrogens is 244 g/mol. The van der Waals surface area contributed by atoms with Crippen LogP contribution in [-0.2, 0) is 0 Å². The van der Waals surface area contributed by atoms with E-state index in [2.05, 4.69) is 21.0 Å². The van der Waals surface area contributed by atoms with Crippen molar-refractivity contribution < 1.29 is 5.11 Å². The van der Waals surface area contributed by atoms with E-state index in [1.165, 1.54) is 11.8 Å². The minimum Gasteiger partial charge on any atom is -0.504 e. The van der Waals surface area contributed by atoms with Crippen molar-refractivity contribution in [1.82, 2.24) is 9.78 Å². The lowest BCUT2D eigenvalue weighted by Crippen LogP contribution is -1.95.